The molecule has 1 N–H and O–H groups in total. The summed E-state index contributed by atoms with van der Waals surface area (Å²) in [7, 11) is 6.79. The molecule has 0 spiro atoms. The Labute approximate surface area is 244 Å². The molecule has 7 nitrogen and oxygen atoms in total. The number of aliphatic imine (C=N–C) groups is 1. The standard InChI is InChI=1S/C31H40FN5O2.C2H6/c1-21(16-22(2)28(8-12-33-4)37-15-11-26(34-5)19-29(37)38)20-36-13-9-24(10-14-36)30-23(3)17-25(18-27(30)32)31(39)35(6)7;1-2/h8,11-12,15-19,24,34H,2,9-10,13-14,20H2,1,3-7H3;1-2H3/b21-16+,28-8+,33-12?;. The van der Waals surface area contributed by atoms with Crippen molar-refractivity contribution in [2.45, 2.75) is 46.5 Å². The van der Waals surface area contributed by atoms with E-state index in [1.54, 1.807) is 63.4 Å². The van der Waals surface area contributed by atoms with Crippen molar-refractivity contribution in [3.63, 3.8) is 0 Å². The van der Waals surface area contributed by atoms with E-state index in [2.05, 4.69) is 28.7 Å². The third kappa shape index (κ3) is 8.85. The third-order valence-electron chi connectivity index (χ3n) is 7.06. The number of aromatic nitrogens is 1. The van der Waals surface area contributed by atoms with E-state index in [1.807, 2.05) is 32.9 Å². The van der Waals surface area contributed by atoms with E-state index in [0.29, 0.717) is 16.8 Å². The van der Waals surface area contributed by atoms with Gasteiger partial charge < -0.3 is 10.2 Å². The summed E-state index contributed by atoms with van der Waals surface area (Å²) in [5.74, 6) is -0.361. The lowest BCUT2D eigenvalue weighted by Crippen LogP contribution is -2.34. The van der Waals surface area contributed by atoms with Gasteiger partial charge in [0.2, 0.25) is 0 Å². The number of nitrogens with zero attached hydrogens (tertiary/aromatic N) is 4. The molecule has 2 aromatic rings. The van der Waals surface area contributed by atoms with Crippen LogP contribution in [0.1, 0.15) is 61.0 Å². The van der Waals surface area contributed by atoms with E-state index in [1.165, 1.54) is 11.0 Å². The second kappa shape index (κ2) is 15.9. The predicted molar refractivity (Wildman–Crippen MR) is 171 cm³/mol. The number of piperidine rings is 1. The lowest BCUT2D eigenvalue weighted by Gasteiger charge is -2.33. The molecule has 0 aliphatic carbocycles. The number of aryl methyl sites for hydroxylation is 1. The molecule has 0 unspecified atom stereocenters. The Morgan fingerprint density at radius 3 is 2.41 bits per heavy atom. The van der Waals surface area contributed by atoms with Crippen molar-refractivity contribution in [3.05, 3.63) is 93.2 Å². The fourth-order valence-corrected chi connectivity index (χ4v) is 5.12. The van der Waals surface area contributed by atoms with Gasteiger partial charge >= 0.3 is 0 Å². The first-order valence-electron chi connectivity index (χ1n) is 14.2. The topological polar surface area (TPSA) is 69.9 Å². The summed E-state index contributed by atoms with van der Waals surface area (Å²) < 4.78 is 16.7. The van der Waals surface area contributed by atoms with Crippen LogP contribution in [0.25, 0.3) is 5.70 Å². The number of benzene rings is 1. The number of carbonyl (C=O) groups is 1. The molecule has 1 aliphatic heterocycles. The number of nitrogens with one attached hydrogen (secondary N) is 1. The number of halogens is 1. The molecule has 1 aromatic heterocycles. The van der Waals surface area contributed by atoms with Gasteiger partial charge in [-0.1, -0.05) is 32.1 Å². The van der Waals surface area contributed by atoms with E-state index in [0.717, 1.165) is 54.9 Å². The van der Waals surface area contributed by atoms with Crippen molar-refractivity contribution in [2.24, 2.45) is 4.99 Å². The highest BCUT2D eigenvalue weighted by Gasteiger charge is 2.25. The highest BCUT2D eigenvalue weighted by atomic mass is 19.1. The van der Waals surface area contributed by atoms with Gasteiger partial charge in [0.1, 0.15) is 5.82 Å². The zero-order valence-corrected chi connectivity index (χ0v) is 25.9. The van der Waals surface area contributed by atoms with E-state index >= 15 is 4.39 Å². The maximum absolute atomic E-state index is 15.1. The average Bonchev–Trinajstić information content (AvgIpc) is 2.94. The molecule has 222 valence electrons. The molecule has 1 saturated heterocycles. The van der Waals surface area contributed by atoms with Crippen LogP contribution in [0.15, 0.2) is 70.1 Å². The Kier molecular flexibility index (Phi) is 12.9. The number of hydrogen-bond acceptors (Lipinski definition) is 5. The van der Waals surface area contributed by atoms with Crippen molar-refractivity contribution in [3.8, 4) is 0 Å². The smallest absolute Gasteiger partial charge is 0.257 e. The average molecular weight is 564 g/mol. The number of likely N-dealkylation sites (tertiary alicyclic amines) is 1. The minimum Gasteiger partial charge on any atom is -0.388 e. The highest BCUT2D eigenvalue weighted by molar-refractivity contribution is 5.94. The van der Waals surface area contributed by atoms with Crippen LogP contribution in [-0.2, 0) is 0 Å². The first-order chi connectivity index (χ1) is 19.5. The Morgan fingerprint density at radius 1 is 1.22 bits per heavy atom. The van der Waals surface area contributed by atoms with E-state index in [9.17, 15) is 9.59 Å². The maximum atomic E-state index is 15.1. The number of pyridine rings is 1. The van der Waals surface area contributed by atoms with Gasteiger partial charge in [0.25, 0.3) is 11.5 Å². The number of carbonyl (C=O) groups excluding carboxylic acids is 1. The SMILES string of the molecule is C=C(/C=C(\C)CN1CCC(c2c(C)cc(C(=O)N(C)C)cc2F)CC1)/C(=C\C=NC)n1ccc(NC)cc1=O.CC. The Bertz CT molecular complexity index is 1340. The van der Waals surface area contributed by atoms with Crippen LogP contribution in [0.4, 0.5) is 10.1 Å². The number of amides is 1. The number of rotatable bonds is 9. The summed E-state index contributed by atoms with van der Waals surface area (Å²) >= 11 is 0. The summed E-state index contributed by atoms with van der Waals surface area (Å²) in [4.78, 5) is 32.9. The van der Waals surface area contributed by atoms with Crippen molar-refractivity contribution >= 4 is 23.5 Å². The first-order valence-corrected chi connectivity index (χ1v) is 14.2. The minimum absolute atomic E-state index is 0.124. The molecule has 8 heteroatoms. The van der Waals surface area contributed by atoms with E-state index in [-0.39, 0.29) is 23.2 Å². The van der Waals surface area contributed by atoms with Crippen LogP contribution >= 0.6 is 0 Å². The number of allylic oxidation sites excluding steroid dienone is 4. The molecule has 0 radical (unpaired) electrons. The van der Waals surface area contributed by atoms with Gasteiger partial charge in [0.05, 0.1) is 5.70 Å². The van der Waals surface area contributed by atoms with Crippen molar-refractivity contribution in [1.82, 2.24) is 14.4 Å². The molecule has 1 aromatic carbocycles. The van der Waals surface area contributed by atoms with Crippen molar-refractivity contribution < 1.29 is 9.18 Å². The van der Waals surface area contributed by atoms with Crippen molar-refractivity contribution in [2.75, 3.05) is 53.1 Å². The predicted octanol–water partition coefficient (Wildman–Crippen LogP) is 5.99. The molecule has 3 rings (SSSR count). The first kappa shape index (κ1) is 33.4. The van der Waals surface area contributed by atoms with Gasteiger partial charge in [0, 0.05) is 64.5 Å². The largest absolute Gasteiger partial charge is 0.388 e. The summed E-state index contributed by atoms with van der Waals surface area (Å²) in [5, 5.41) is 2.98. The van der Waals surface area contributed by atoms with Crippen LogP contribution in [0.3, 0.4) is 0 Å². The third-order valence-corrected chi connectivity index (χ3v) is 7.06. The molecule has 0 bridgehead atoms. The molecule has 1 aliphatic rings. The fraction of sp³-hybridized carbons (Fsp3) is 0.424. The quantitative estimate of drug-likeness (QED) is 0.301. The Hall–Kier alpha value is -3.78. The molecular weight excluding hydrogens is 517 g/mol. The van der Waals surface area contributed by atoms with Gasteiger partial charge in [0.15, 0.2) is 0 Å². The lowest BCUT2D eigenvalue weighted by molar-refractivity contribution is 0.0827. The normalized spacial score (nSPS) is 15.0. The van der Waals surface area contributed by atoms with Gasteiger partial charge in [-0.3, -0.25) is 24.0 Å². The summed E-state index contributed by atoms with van der Waals surface area (Å²) in [6, 6.07) is 6.56. The highest BCUT2D eigenvalue weighted by Crippen LogP contribution is 2.33. The summed E-state index contributed by atoms with van der Waals surface area (Å²) in [6.07, 6.45) is 8.86. The van der Waals surface area contributed by atoms with Gasteiger partial charge in [-0.2, -0.15) is 0 Å². The molecule has 0 saturated carbocycles. The van der Waals surface area contributed by atoms with Crippen LogP contribution in [0.2, 0.25) is 0 Å². The molecular formula is C33H46FN5O2. The van der Waals surface area contributed by atoms with Crippen molar-refractivity contribution in [1.29, 1.82) is 0 Å². The number of anilines is 1. The minimum atomic E-state index is -0.293. The molecule has 41 heavy (non-hydrogen) atoms. The summed E-state index contributed by atoms with van der Waals surface area (Å²) in [6.45, 7) is 14.6. The second-order valence-corrected chi connectivity index (χ2v) is 10.3. The van der Waals surface area contributed by atoms with Crippen LogP contribution in [-0.4, -0.2) is 74.3 Å². The molecule has 1 amide bonds. The summed E-state index contributed by atoms with van der Waals surface area (Å²) in [5.41, 5.74) is 5.02. The Balaban J connectivity index is 0.00000287. The van der Waals surface area contributed by atoms with Crippen LogP contribution < -0.4 is 10.9 Å². The van der Waals surface area contributed by atoms with Crippen LogP contribution in [0, 0.1) is 12.7 Å². The second-order valence-electron chi connectivity index (χ2n) is 10.3. The van der Waals surface area contributed by atoms with E-state index < -0.39 is 0 Å². The Morgan fingerprint density at radius 2 is 1.88 bits per heavy atom. The van der Waals surface area contributed by atoms with E-state index in [4.69, 9.17) is 0 Å². The van der Waals surface area contributed by atoms with Gasteiger partial charge in [-0.05, 0) is 86.7 Å². The maximum Gasteiger partial charge on any atom is 0.257 e. The van der Waals surface area contributed by atoms with Crippen LogP contribution in [0.5, 0.6) is 0 Å². The van der Waals surface area contributed by atoms with Gasteiger partial charge in [-0.25, -0.2) is 4.39 Å². The molecule has 1 fully saturated rings. The monoisotopic (exact) mass is 563 g/mol. The number of hydrogen-bond donors (Lipinski definition) is 1. The molecule has 2 heterocycles. The zero-order chi connectivity index (χ0) is 30.7. The lowest BCUT2D eigenvalue weighted by atomic mass is 9.85. The fourth-order valence-electron chi connectivity index (χ4n) is 5.12. The molecule has 0 atom stereocenters. The zero-order valence-electron chi connectivity index (χ0n) is 25.9. The van der Waals surface area contributed by atoms with Gasteiger partial charge in [-0.15, -0.1) is 0 Å².